The molecular formula is C28H34N4O3. The van der Waals surface area contributed by atoms with Crippen molar-refractivity contribution in [2.24, 2.45) is 11.8 Å². The summed E-state index contributed by atoms with van der Waals surface area (Å²) >= 11 is 0. The maximum atomic E-state index is 13.2. The Labute approximate surface area is 206 Å². The fourth-order valence-corrected chi connectivity index (χ4v) is 5.27. The summed E-state index contributed by atoms with van der Waals surface area (Å²) in [5.41, 5.74) is 2.89. The molecule has 7 nitrogen and oxygen atoms in total. The second-order valence-electron chi connectivity index (χ2n) is 9.83. The Morgan fingerprint density at radius 1 is 1.06 bits per heavy atom. The Bertz CT molecular complexity index is 1160. The Balaban J connectivity index is 1.14. The van der Waals surface area contributed by atoms with Gasteiger partial charge in [-0.15, -0.1) is 0 Å². The van der Waals surface area contributed by atoms with Gasteiger partial charge in [-0.1, -0.05) is 25.1 Å². The van der Waals surface area contributed by atoms with Gasteiger partial charge in [0.15, 0.2) is 5.58 Å². The summed E-state index contributed by atoms with van der Waals surface area (Å²) in [5.74, 6) is 0.974. The zero-order valence-electron chi connectivity index (χ0n) is 20.4. The topological polar surface area (TPSA) is 78.7 Å². The summed E-state index contributed by atoms with van der Waals surface area (Å²) in [7, 11) is 0. The molecule has 0 spiro atoms. The number of aromatic nitrogens is 1. The SMILES string of the molecule is C[C@H](C(=O)NCCN1CCCC1)C1CCN(C(=O)c2ccc3oc(-c4ccccc4)nc3c2)CC1. The van der Waals surface area contributed by atoms with Gasteiger partial charge in [-0.3, -0.25) is 9.59 Å². The second kappa shape index (κ2) is 10.6. The standard InChI is InChI=1S/C28H34N4O3/c1-20(26(33)29-13-18-31-14-5-6-15-31)21-11-16-32(17-12-21)28(34)23-9-10-25-24(19-23)30-27(35-25)22-7-3-2-4-8-22/h2-4,7-10,19-21H,5-6,11-18H2,1H3,(H,29,33)/t20-/m0/s1. The first-order valence-corrected chi connectivity index (χ1v) is 12.8. The molecule has 2 aromatic carbocycles. The van der Waals surface area contributed by atoms with E-state index in [4.69, 9.17) is 4.42 Å². The van der Waals surface area contributed by atoms with Crippen LogP contribution in [0.1, 0.15) is 43.0 Å². The van der Waals surface area contributed by atoms with Crippen LogP contribution in [-0.4, -0.2) is 65.9 Å². The van der Waals surface area contributed by atoms with Gasteiger partial charge in [0.25, 0.3) is 5.91 Å². The number of nitrogens with one attached hydrogen (secondary N) is 1. The molecule has 2 aliphatic heterocycles. The number of hydrogen-bond acceptors (Lipinski definition) is 5. The number of rotatable bonds is 7. The van der Waals surface area contributed by atoms with Crippen molar-refractivity contribution >= 4 is 22.9 Å². The molecule has 0 unspecified atom stereocenters. The summed E-state index contributed by atoms with van der Waals surface area (Å²) in [6.07, 6.45) is 4.22. The fraction of sp³-hybridized carbons (Fsp3) is 0.464. The van der Waals surface area contributed by atoms with Gasteiger partial charge >= 0.3 is 0 Å². The Hall–Kier alpha value is -3.19. The quantitative estimate of drug-likeness (QED) is 0.555. The van der Waals surface area contributed by atoms with Crippen molar-refractivity contribution < 1.29 is 14.0 Å². The number of benzene rings is 2. The van der Waals surface area contributed by atoms with Crippen molar-refractivity contribution in [2.45, 2.75) is 32.6 Å². The molecule has 3 heterocycles. The molecule has 0 radical (unpaired) electrons. The number of oxazole rings is 1. The van der Waals surface area contributed by atoms with Crippen LogP contribution in [0.15, 0.2) is 52.9 Å². The third kappa shape index (κ3) is 5.40. The summed E-state index contributed by atoms with van der Waals surface area (Å²) in [6, 6.07) is 15.2. The fourth-order valence-electron chi connectivity index (χ4n) is 5.27. The number of hydrogen-bond donors (Lipinski definition) is 1. The van der Waals surface area contributed by atoms with Crippen LogP contribution < -0.4 is 5.32 Å². The lowest BCUT2D eigenvalue weighted by Crippen LogP contribution is -2.43. The zero-order chi connectivity index (χ0) is 24.2. The summed E-state index contributed by atoms with van der Waals surface area (Å²) in [5, 5.41) is 3.12. The summed E-state index contributed by atoms with van der Waals surface area (Å²) < 4.78 is 5.88. The van der Waals surface area contributed by atoms with E-state index in [1.807, 2.05) is 60.4 Å². The lowest BCUT2D eigenvalue weighted by atomic mass is 9.84. The van der Waals surface area contributed by atoms with Crippen LogP contribution in [-0.2, 0) is 4.79 Å². The van der Waals surface area contributed by atoms with E-state index in [2.05, 4.69) is 15.2 Å². The van der Waals surface area contributed by atoms with Gasteiger partial charge in [-0.2, -0.15) is 0 Å². The van der Waals surface area contributed by atoms with Gasteiger partial charge in [0.1, 0.15) is 5.52 Å². The van der Waals surface area contributed by atoms with Gasteiger partial charge in [0, 0.05) is 43.2 Å². The minimum atomic E-state index is -0.0336. The molecule has 2 saturated heterocycles. The van der Waals surface area contributed by atoms with E-state index in [-0.39, 0.29) is 17.7 Å². The molecule has 2 amide bonds. The lowest BCUT2D eigenvalue weighted by Gasteiger charge is -2.34. The van der Waals surface area contributed by atoms with Crippen LogP contribution in [0.25, 0.3) is 22.6 Å². The van der Waals surface area contributed by atoms with Crippen molar-refractivity contribution in [1.82, 2.24) is 20.1 Å². The first-order valence-electron chi connectivity index (χ1n) is 12.8. The highest BCUT2D eigenvalue weighted by Gasteiger charge is 2.30. The minimum Gasteiger partial charge on any atom is -0.436 e. The van der Waals surface area contributed by atoms with Crippen LogP contribution in [0, 0.1) is 11.8 Å². The van der Waals surface area contributed by atoms with E-state index < -0.39 is 0 Å². The molecule has 2 fully saturated rings. The van der Waals surface area contributed by atoms with Gasteiger partial charge in [-0.05, 0) is 75.0 Å². The maximum Gasteiger partial charge on any atom is 0.253 e. The normalized spacial score (nSPS) is 18.1. The van der Waals surface area contributed by atoms with Crippen LogP contribution in [0.2, 0.25) is 0 Å². The van der Waals surface area contributed by atoms with Crippen molar-refractivity contribution in [1.29, 1.82) is 0 Å². The smallest absolute Gasteiger partial charge is 0.253 e. The Morgan fingerprint density at radius 2 is 1.80 bits per heavy atom. The highest BCUT2D eigenvalue weighted by molar-refractivity contribution is 5.97. The van der Waals surface area contributed by atoms with Crippen molar-refractivity contribution in [3.63, 3.8) is 0 Å². The highest BCUT2D eigenvalue weighted by atomic mass is 16.3. The highest BCUT2D eigenvalue weighted by Crippen LogP contribution is 2.28. The molecule has 7 heteroatoms. The molecule has 2 aliphatic rings. The first kappa shape index (κ1) is 23.5. The minimum absolute atomic E-state index is 0.0114. The number of nitrogens with zero attached hydrogens (tertiary/aromatic N) is 3. The third-order valence-corrected chi connectivity index (χ3v) is 7.53. The van der Waals surface area contributed by atoms with Gasteiger partial charge in [-0.25, -0.2) is 4.98 Å². The van der Waals surface area contributed by atoms with Gasteiger partial charge < -0.3 is 19.5 Å². The number of carbonyl (C=O) groups is 2. The molecule has 0 saturated carbocycles. The molecule has 1 N–H and O–H groups in total. The summed E-state index contributed by atoms with van der Waals surface area (Å²) in [6.45, 7) is 7.31. The van der Waals surface area contributed by atoms with E-state index >= 15 is 0 Å². The van der Waals surface area contributed by atoms with Crippen LogP contribution in [0.5, 0.6) is 0 Å². The van der Waals surface area contributed by atoms with Crippen molar-refractivity contribution in [3.8, 4) is 11.5 Å². The lowest BCUT2D eigenvalue weighted by molar-refractivity contribution is -0.126. The third-order valence-electron chi connectivity index (χ3n) is 7.53. The Morgan fingerprint density at radius 3 is 2.54 bits per heavy atom. The average Bonchev–Trinajstić information content (AvgIpc) is 3.58. The van der Waals surface area contributed by atoms with Gasteiger partial charge in [0.2, 0.25) is 11.8 Å². The summed E-state index contributed by atoms with van der Waals surface area (Å²) in [4.78, 5) is 34.7. The van der Waals surface area contributed by atoms with E-state index in [0.29, 0.717) is 41.6 Å². The molecule has 184 valence electrons. The van der Waals surface area contributed by atoms with E-state index in [1.165, 1.54) is 12.8 Å². The van der Waals surface area contributed by atoms with Crippen molar-refractivity contribution in [3.05, 3.63) is 54.1 Å². The number of piperidine rings is 1. The number of carbonyl (C=O) groups excluding carboxylic acids is 2. The predicted molar refractivity (Wildman–Crippen MR) is 136 cm³/mol. The van der Waals surface area contributed by atoms with E-state index in [0.717, 1.165) is 44.6 Å². The molecule has 1 atom stereocenters. The molecular weight excluding hydrogens is 440 g/mol. The monoisotopic (exact) mass is 474 g/mol. The molecule has 5 rings (SSSR count). The Kier molecular flexibility index (Phi) is 7.13. The predicted octanol–water partition coefficient (Wildman–Crippen LogP) is 4.20. The molecule has 3 aromatic rings. The number of amides is 2. The number of fused-ring (bicyclic) bond motifs is 1. The molecule has 0 aliphatic carbocycles. The second-order valence-corrected chi connectivity index (χ2v) is 9.83. The molecule has 0 bridgehead atoms. The van der Waals surface area contributed by atoms with E-state index in [1.54, 1.807) is 0 Å². The van der Waals surface area contributed by atoms with Gasteiger partial charge in [0.05, 0.1) is 0 Å². The number of likely N-dealkylation sites (tertiary alicyclic amines) is 2. The van der Waals surface area contributed by atoms with Crippen LogP contribution in [0.3, 0.4) is 0 Å². The van der Waals surface area contributed by atoms with Crippen LogP contribution in [0.4, 0.5) is 0 Å². The average molecular weight is 475 g/mol. The molecule has 1 aromatic heterocycles. The van der Waals surface area contributed by atoms with E-state index in [9.17, 15) is 9.59 Å². The first-order chi connectivity index (χ1) is 17.1. The van der Waals surface area contributed by atoms with Crippen LogP contribution >= 0.6 is 0 Å². The van der Waals surface area contributed by atoms with Crippen molar-refractivity contribution in [2.75, 3.05) is 39.3 Å². The molecule has 35 heavy (non-hydrogen) atoms. The zero-order valence-corrected chi connectivity index (χ0v) is 20.4. The maximum absolute atomic E-state index is 13.2. The largest absolute Gasteiger partial charge is 0.436 e.